The number of hydrogen-bond acceptors (Lipinski definition) is 4. The third-order valence-electron chi connectivity index (χ3n) is 1.96. The number of anilines is 1. The number of hydrogen-bond donors (Lipinski definition) is 2. The van der Waals surface area contributed by atoms with Gasteiger partial charge in [-0.15, -0.1) is 0 Å². The molecule has 2 aromatic rings. The first kappa shape index (κ1) is 9.64. The molecule has 78 valence electrons. The van der Waals surface area contributed by atoms with Crippen LogP contribution in [0.1, 0.15) is 19.8 Å². The van der Waals surface area contributed by atoms with Gasteiger partial charge in [0.15, 0.2) is 5.65 Å². The fraction of sp³-hybridized carbons (Fsp3) is 0.300. The quantitative estimate of drug-likeness (QED) is 0.798. The fourth-order valence-corrected chi connectivity index (χ4v) is 1.19. The Morgan fingerprint density at radius 3 is 3.27 bits per heavy atom. The van der Waals surface area contributed by atoms with E-state index >= 15 is 0 Å². The highest BCUT2D eigenvalue weighted by atomic mass is 15.1. The second-order valence-corrected chi connectivity index (χ2v) is 3.17. The van der Waals surface area contributed by atoms with Gasteiger partial charge in [0.05, 0.1) is 12.5 Å². The average molecular weight is 203 g/mol. The van der Waals surface area contributed by atoms with Crippen LogP contribution in [0, 0.1) is 0 Å². The molecule has 2 heterocycles. The van der Waals surface area contributed by atoms with Crippen molar-refractivity contribution in [2.75, 3.05) is 5.32 Å². The Morgan fingerprint density at radius 2 is 2.40 bits per heavy atom. The van der Waals surface area contributed by atoms with Gasteiger partial charge in [0, 0.05) is 0 Å². The number of rotatable bonds is 4. The molecular formula is C10H13N5. The van der Waals surface area contributed by atoms with Gasteiger partial charge in [0.2, 0.25) is 5.95 Å². The monoisotopic (exact) mass is 203 g/mol. The van der Waals surface area contributed by atoms with Crippen molar-refractivity contribution >= 4 is 17.1 Å². The van der Waals surface area contributed by atoms with Crippen molar-refractivity contribution in [1.82, 2.24) is 19.9 Å². The van der Waals surface area contributed by atoms with Crippen molar-refractivity contribution in [3.63, 3.8) is 0 Å². The normalized spacial score (nSPS) is 11.3. The van der Waals surface area contributed by atoms with Crippen LogP contribution >= 0.6 is 0 Å². The number of H-pyrrole nitrogens is 1. The Bertz CT molecular complexity index is 460. The van der Waals surface area contributed by atoms with E-state index in [0.29, 0.717) is 11.6 Å². The molecule has 0 aromatic carbocycles. The lowest BCUT2D eigenvalue weighted by atomic mass is 10.3. The molecule has 0 aliphatic carbocycles. The van der Waals surface area contributed by atoms with Gasteiger partial charge in [-0.1, -0.05) is 19.4 Å². The van der Waals surface area contributed by atoms with Crippen molar-refractivity contribution in [1.29, 1.82) is 0 Å². The van der Waals surface area contributed by atoms with Crippen molar-refractivity contribution in [3.8, 4) is 0 Å². The highest BCUT2D eigenvalue weighted by Crippen LogP contribution is 2.06. The Morgan fingerprint density at radius 1 is 1.47 bits per heavy atom. The van der Waals surface area contributed by atoms with Crippen LogP contribution in [0.4, 0.5) is 5.95 Å². The molecule has 0 atom stereocenters. The molecule has 0 fully saturated rings. The molecule has 0 aliphatic heterocycles. The summed E-state index contributed by atoms with van der Waals surface area (Å²) in [6, 6.07) is 0. The van der Waals surface area contributed by atoms with E-state index < -0.39 is 0 Å². The number of fused-ring (bicyclic) bond motifs is 1. The molecule has 0 amide bonds. The van der Waals surface area contributed by atoms with Gasteiger partial charge in [-0.25, -0.2) is 9.97 Å². The summed E-state index contributed by atoms with van der Waals surface area (Å²) < 4.78 is 0. The van der Waals surface area contributed by atoms with Gasteiger partial charge in [-0.05, 0) is 12.6 Å². The van der Waals surface area contributed by atoms with Crippen molar-refractivity contribution in [2.45, 2.75) is 19.8 Å². The number of aromatic amines is 1. The molecule has 2 aromatic heterocycles. The summed E-state index contributed by atoms with van der Waals surface area (Å²) in [5, 5.41) is 3.00. The lowest BCUT2D eigenvalue weighted by Gasteiger charge is -1.97. The van der Waals surface area contributed by atoms with Crippen LogP contribution in [0.5, 0.6) is 0 Å². The second kappa shape index (κ2) is 4.54. The van der Waals surface area contributed by atoms with Crippen molar-refractivity contribution in [2.24, 2.45) is 0 Å². The minimum absolute atomic E-state index is 0.571. The van der Waals surface area contributed by atoms with E-state index in [-0.39, 0.29) is 0 Å². The van der Waals surface area contributed by atoms with Gasteiger partial charge < -0.3 is 10.3 Å². The maximum Gasteiger partial charge on any atom is 0.228 e. The van der Waals surface area contributed by atoms with Crippen LogP contribution < -0.4 is 5.32 Å². The van der Waals surface area contributed by atoms with Crippen molar-refractivity contribution < 1.29 is 0 Å². The Balaban J connectivity index is 2.08. The Labute approximate surface area is 87.7 Å². The largest absolute Gasteiger partial charge is 0.342 e. The van der Waals surface area contributed by atoms with Crippen LogP contribution in [0.15, 0.2) is 24.8 Å². The molecule has 15 heavy (non-hydrogen) atoms. The highest BCUT2D eigenvalue weighted by Gasteiger charge is 1.98. The Hall–Kier alpha value is -1.91. The van der Waals surface area contributed by atoms with Crippen molar-refractivity contribution in [3.05, 3.63) is 24.8 Å². The topological polar surface area (TPSA) is 66.5 Å². The molecular weight excluding hydrogens is 190 g/mol. The first-order valence-corrected chi connectivity index (χ1v) is 4.98. The van der Waals surface area contributed by atoms with Crippen LogP contribution in [0.25, 0.3) is 11.2 Å². The SMILES string of the molecule is CCCC=CNc1ncc2[nH]cnc2n1. The third-order valence-corrected chi connectivity index (χ3v) is 1.96. The maximum absolute atomic E-state index is 4.22. The molecule has 0 saturated carbocycles. The predicted molar refractivity (Wildman–Crippen MR) is 59.4 cm³/mol. The van der Waals surface area contributed by atoms with E-state index in [0.717, 1.165) is 18.4 Å². The highest BCUT2D eigenvalue weighted by molar-refractivity contribution is 5.69. The molecule has 0 bridgehead atoms. The van der Waals surface area contributed by atoms with E-state index in [9.17, 15) is 0 Å². The standard InChI is InChI=1S/C10H13N5/c1-2-3-4-5-11-10-12-6-8-9(15-10)14-7-13-8/h4-7H,2-3H2,1H3,(H2,11,12,13,14,15). The lowest BCUT2D eigenvalue weighted by Crippen LogP contribution is -1.94. The molecule has 5 heteroatoms. The predicted octanol–water partition coefficient (Wildman–Crippen LogP) is 2.08. The van der Waals surface area contributed by atoms with E-state index in [1.165, 1.54) is 0 Å². The summed E-state index contributed by atoms with van der Waals surface area (Å²) in [7, 11) is 0. The first-order valence-electron chi connectivity index (χ1n) is 4.98. The zero-order valence-corrected chi connectivity index (χ0v) is 8.57. The number of nitrogens with zero attached hydrogens (tertiary/aromatic N) is 3. The zero-order chi connectivity index (χ0) is 10.5. The molecule has 0 aliphatic rings. The summed E-state index contributed by atoms with van der Waals surface area (Å²) in [5.41, 5.74) is 1.52. The third kappa shape index (κ3) is 2.31. The van der Waals surface area contributed by atoms with Crippen LogP contribution in [0.2, 0.25) is 0 Å². The average Bonchev–Trinajstić information content (AvgIpc) is 2.71. The molecule has 0 saturated heterocycles. The second-order valence-electron chi connectivity index (χ2n) is 3.17. The van der Waals surface area contributed by atoms with Crippen LogP contribution in [0.3, 0.4) is 0 Å². The minimum Gasteiger partial charge on any atom is -0.342 e. The number of unbranched alkanes of at least 4 members (excludes halogenated alkanes) is 1. The summed E-state index contributed by atoms with van der Waals surface area (Å²) in [6.07, 6.45) is 9.42. The zero-order valence-electron chi connectivity index (χ0n) is 8.57. The summed E-state index contributed by atoms with van der Waals surface area (Å²) in [6.45, 7) is 2.14. The van der Waals surface area contributed by atoms with E-state index in [1.54, 1.807) is 12.5 Å². The molecule has 0 spiro atoms. The summed E-state index contributed by atoms with van der Waals surface area (Å²) in [4.78, 5) is 15.3. The van der Waals surface area contributed by atoms with E-state index in [1.807, 2.05) is 6.20 Å². The molecule has 2 rings (SSSR count). The number of imidazole rings is 1. The molecule has 2 N–H and O–H groups in total. The summed E-state index contributed by atoms with van der Waals surface area (Å²) in [5.74, 6) is 0.571. The number of nitrogens with one attached hydrogen (secondary N) is 2. The lowest BCUT2D eigenvalue weighted by molar-refractivity contribution is 0.957. The maximum atomic E-state index is 4.22. The minimum atomic E-state index is 0.571. The number of allylic oxidation sites excluding steroid dienone is 1. The van der Waals surface area contributed by atoms with Gasteiger partial charge in [0.25, 0.3) is 0 Å². The van der Waals surface area contributed by atoms with Gasteiger partial charge in [-0.3, -0.25) is 0 Å². The number of aromatic nitrogens is 4. The first-order chi connectivity index (χ1) is 7.40. The van der Waals surface area contributed by atoms with Gasteiger partial charge >= 0.3 is 0 Å². The summed E-state index contributed by atoms with van der Waals surface area (Å²) >= 11 is 0. The van der Waals surface area contributed by atoms with Gasteiger partial charge in [0.1, 0.15) is 5.52 Å². The molecule has 0 radical (unpaired) electrons. The van der Waals surface area contributed by atoms with E-state index in [4.69, 9.17) is 0 Å². The molecule has 0 unspecified atom stereocenters. The van der Waals surface area contributed by atoms with E-state index in [2.05, 4.69) is 38.3 Å². The molecule has 5 nitrogen and oxygen atoms in total. The van der Waals surface area contributed by atoms with Crippen LogP contribution in [-0.2, 0) is 0 Å². The smallest absolute Gasteiger partial charge is 0.228 e. The fourth-order valence-electron chi connectivity index (χ4n) is 1.19. The van der Waals surface area contributed by atoms with Gasteiger partial charge in [-0.2, -0.15) is 4.98 Å². The van der Waals surface area contributed by atoms with Crippen LogP contribution in [-0.4, -0.2) is 19.9 Å². The Kier molecular flexibility index (Phi) is 2.92.